The van der Waals surface area contributed by atoms with E-state index < -0.39 is 0 Å². The van der Waals surface area contributed by atoms with Crippen molar-refractivity contribution >= 4 is 0 Å². The molecule has 1 rings (SSSR count). The Labute approximate surface area is 77.5 Å². The van der Waals surface area contributed by atoms with E-state index in [-0.39, 0.29) is 7.43 Å². The monoisotopic (exact) mass is 172 g/mol. The van der Waals surface area contributed by atoms with E-state index >= 15 is 0 Å². The first-order chi connectivity index (χ1) is 5.36. The predicted octanol–water partition coefficient (Wildman–Crippen LogP) is 1.67. The zero-order valence-corrected chi connectivity index (χ0v) is 7.84. The summed E-state index contributed by atoms with van der Waals surface area (Å²) < 4.78 is 0. The summed E-state index contributed by atoms with van der Waals surface area (Å²) >= 11 is 0. The number of piperazine rings is 1. The van der Waals surface area contributed by atoms with Gasteiger partial charge in [0.2, 0.25) is 0 Å². The molecule has 0 spiro atoms. The summed E-state index contributed by atoms with van der Waals surface area (Å²) in [5.41, 5.74) is 0. The minimum absolute atomic E-state index is 0. The topological polar surface area (TPSA) is 6.48 Å². The fourth-order valence-corrected chi connectivity index (χ4v) is 1.65. The molecule has 0 aromatic rings. The van der Waals surface area contributed by atoms with Gasteiger partial charge in [-0.2, -0.15) is 0 Å². The molecule has 1 aliphatic rings. The Balaban J connectivity index is 0.00000121. The number of nitrogens with zero attached hydrogens (tertiary/aromatic N) is 2. The maximum absolute atomic E-state index is 2.56. The largest absolute Gasteiger partial charge is 0.301 e. The predicted molar refractivity (Wildman–Crippen MR) is 55.6 cm³/mol. The summed E-state index contributed by atoms with van der Waals surface area (Å²) in [7, 11) is 0. The Morgan fingerprint density at radius 2 is 1.42 bits per heavy atom. The number of likely N-dealkylation sites (N-methyl/N-ethyl adjacent to an activating group) is 1. The van der Waals surface area contributed by atoms with E-state index in [9.17, 15) is 0 Å². The Morgan fingerprint density at radius 3 is 1.83 bits per heavy atom. The molecule has 74 valence electrons. The first-order valence-electron chi connectivity index (χ1n) is 4.81. The summed E-state index contributed by atoms with van der Waals surface area (Å²) in [5, 5.41) is 0. The van der Waals surface area contributed by atoms with Gasteiger partial charge in [0.25, 0.3) is 0 Å². The highest BCUT2D eigenvalue weighted by Gasteiger charge is 2.13. The molecule has 12 heavy (non-hydrogen) atoms. The van der Waals surface area contributed by atoms with Crippen LogP contribution in [-0.4, -0.2) is 49.1 Å². The van der Waals surface area contributed by atoms with Crippen LogP contribution in [0.1, 0.15) is 27.7 Å². The van der Waals surface area contributed by atoms with Crippen molar-refractivity contribution < 1.29 is 0 Å². The zero-order chi connectivity index (χ0) is 8.10. The lowest BCUT2D eigenvalue weighted by Gasteiger charge is -2.33. The first kappa shape index (κ1) is 11.9. The van der Waals surface area contributed by atoms with Gasteiger partial charge in [-0.15, -0.1) is 0 Å². The van der Waals surface area contributed by atoms with Gasteiger partial charge in [-0.1, -0.05) is 21.3 Å². The maximum atomic E-state index is 2.56. The van der Waals surface area contributed by atoms with Crippen LogP contribution in [0.15, 0.2) is 0 Å². The zero-order valence-electron chi connectivity index (χ0n) is 7.84. The van der Waals surface area contributed by atoms with E-state index in [2.05, 4.69) is 23.6 Å². The third-order valence-corrected chi connectivity index (χ3v) is 2.45. The van der Waals surface area contributed by atoms with Gasteiger partial charge >= 0.3 is 0 Å². The van der Waals surface area contributed by atoms with Gasteiger partial charge in [-0.3, -0.25) is 0 Å². The SMILES string of the molecule is C.CCCN1CCN(CC)CC1. The lowest BCUT2D eigenvalue weighted by molar-refractivity contribution is 0.137. The number of hydrogen-bond acceptors (Lipinski definition) is 2. The Kier molecular flexibility index (Phi) is 6.39. The van der Waals surface area contributed by atoms with Crippen LogP contribution in [0.3, 0.4) is 0 Å². The van der Waals surface area contributed by atoms with Gasteiger partial charge in [0.1, 0.15) is 0 Å². The van der Waals surface area contributed by atoms with Crippen molar-refractivity contribution in [3.05, 3.63) is 0 Å². The van der Waals surface area contributed by atoms with Crippen molar-refractivity contribution in [3.63, 3.8) is 0 Å². The lowest BCUT2D eigenvalue weighted by Crippen LogP contribution is -2.46. The molecule has 1 fully saturated rings. The van der Waals surface area contributed by atoms with Gasteiger partial charge in [0.05, 0.1) is 0 Å². The summed E-state index contributed by atoms with van der Waals surface area (Å²) in [5.74, 6) is 0. The van der Waals surface area contributed by atoms with Crippen LogP contribution in [0.25, 0.3) is 0 Å². The Morgan fingerprint density at radius 1 is 0.917 bits per heavy atom. The fraction of sp³-hybridized carbons (Fsp3) is 1.00. The van der Waals surface area contributed by atoms with Crippen molar-refractivity contribution in [1.29, 1.82) is 0 Å². The number of rotatable bonds is 3. The van der Waals surface area contributed by atoms with Gasteiger partial charge < -0.3 is 9.80 Å². The van der Waals surface area contributed by atoms with Crippen molar-refractivity contribution in [2.45, 2.75) is 27.7 Å². The molecule has 2 nitrogen and oxygen atoms in total. The van der Waals surface area contributed by atoms with E-state index in [0.717, 1.165) is 0 Å². The summed E-state index contributed by atoms with van der Waals surface area (Å²) in [4.78, 5) is 5.08. The highest BCUT2D eigenvalue weighted by molar-refractivity contribution is 4.69. The van der Waals surface area contributed by atoms with E-state index in [1.54, 1.807) is 0 Å². The third kappa shape index (κ3) is 3.55. The molecule has 0 aromatic carbocycles. The van der Waals surface area contributed by atoms with E-state index in [1.165, 1.54) is 45.7 Å². The molecule has 0 amide bonds. The first-order valence-corrected chi connectivity index (χ1v) is 4.81. The highest BCUT2D eigenvalue weighted by Crippen LogP contribution is 2.00. The second kappa shape index (κ2) is 6.44. The van der Waals surface area contributed by atoms with Crippen molar-refractivity contribution in [2.24, 2.45) is 0 Å². The molecule has 1 saturated heterocycles. The fourth-order valence-electron chi connectivity index (χ4n) is 1.65. The highest BCUT2D eigenvalue weighted by atomic mass is 15.3. The molecule has 2 heteroatoms. The van der Waals surface area contributed by atoms with Crippen LogP contribution < -0.4 is 0 Å². The van der Waals surface area contributed by atoms with Crippen molar-refractivity contribution in [1.82, 2.24) is 9.80 Å². The quantitative estimate of drug-likeness (QED) is 0.639. The molecule has 1 aliphatic heterocycles. The summed E-state index contributed by atoms with van der Waals surface area (Å²) in [6, 6.07) is 0. The van der Waals surface area contributed by atoms with E-state index in [4.69, 9.17) is 0 Å². The summed E-state index contributed by atoms with van der Waals surface area (Å²) in [6.45, 7) is 12.1. The molecule has 0 aliphatic carbocycles. The van der Waals surface area contributed by atoms with Gasteiger partial charge in [0.15, 0.2) is 0 Å². The van der Waals surface area contributed by atoms with E-state index in [1.807, 2.05) is 0 Å². The average molecular weight is 172 g/mol. The second-order valence-electron chi connectivity index (χ2n) is 3.28. The summed E-state index contributed by atoms with van der Waals surface area (Å²) in [6.07, 6.45) is 1.30. The Hall–Kier alpha value is -0.0800. The van der Waals surface area contributed by atoms with Crippen LogP contribution in [0.4, 0.5) is 0 Å². The van der Waals surface area contributed by atoms with Crippen molar-refractivity contribution in [2.75, 3.05) is 39.3 Å². The minimum atomic E-state index is 0. The molecule has 0 unspecified atom stereocenters. The number of hydrogen-bond donors (Lipinski definition) is 0. The van der Waals surface area contributed by atoms with Crippen LogP contribution >= 0.6 is 0 Å². The second-order valence-corrected chi connectivity index (χ2v) is 3.28. The van der Waals surface area contributed by atoms with Crippen LogP contribution in [-0.2, 0) is 0 Å². The molecule has 0 atom stereocenters. The minimum Gasteiger partial charge on any atom is -0.301 e. The van der Waals surface area contributed by atoms with Crippen LogP contribution in [0.2, 0.25) is 0 Å². The maximum Gasteiger partial charge on any atom is 0.0110 e. The molecule has 0 radical (unpaired) electrons. The van der Waals surface area contributed by atoms with Gasteiger partial charge in [-0.25, -0.2) is 0 Å². The molecular formula is C10H24N2. The molecule has 1 heterocycles. The molecule has 0 aromatic heterocycles. The van der Waals surface area contributed by atoms with Crippen molar-refractivity contribution in [3.8, 4) is 0 Å². The molecule has 0 saturated carbocycles. The molecular weight excluding hydrogens is 148 g/mol. The average Bonchev–Trinajstić information content (AvgIpc) is 2.07. The van der Waals surface area contributed by atoms with Crippen LogP contribution in [0.5, 0.6) is 0 Å². The normalized spacial score (nSPS) is 20.5. The smallest absolute Gasteiger partial charge is 0.0110 e. The van der Waals surface area contributed by atoms with Gasteiger partial charge in [-0.05, 0) is 19.5 Å². The van der Waals surface area contributed by atoms with Gasteiger partial charge in [0, 0.05) is 26.2 Å². The van der Waals surface area contributed by atoms with E-state index in [0.29, 0.717) is 0 Å². The van der Waals surface area contributed by atoms with Crippen LogP contribution in [0, 0.1) is 0 Å². The standard InChI is InChI=1S/C9H20N2.CH4/c1-3-5-11-8-6-10(4-2)7-9-11;/h3-9H2,1-2H3;1H4. The lowest BCUT2D eigenvalue weighted by atomic mass is 10.3. The Bertz CT molecular complexity index is 96.0. The molecule has 0 N–H and O–H groups in total. The third-order valence-electron chi connectivity index (χ3n) is 2.45. The molecule has 0 bridgehead atoms.